The molecule has 0 spiro atoms. The fourth-order valence-corrected chi connectivity index (χ4v) is 4.62. The average Bonchev–Trinajstić information content (AvgIpc) is 3.28. The van der Waals surface area contributed by atoms with Gasteiger partial charge in [-0.3, -0.25) is 5.32 Å². The highest BCUT2D eigenvalue weighted by atomic mass is 16.6. The molecule has 5 rings (SSSR count). The van der Waals surface area contributed by atoms with Gasteiger partial charge in [-0.05, 0) is 42.5 Å². The molecule has 2 N–H and O–H groups in total. The van der Waals surface area contributed by atoms with Crippen LogP contribution in [0.2, 0.25) is 0 Å². The predicted octanol–water partition coefficient (Wildman–Crippen LogP) is 6.09. The van der Waals surface area contributed by atoms with E-state index in [2.05, 4.69) is 45.7 Å². The third-order valence-electron chi connectivity index (χ3n) is 6.43. The minimum Gasteiger partial charge on any atom is -0.446 e. The van der Waals surface area contributed by atoms with Gasteiger partial charge in [-0.2, -0.15) is 0 Å². The fourth-order valence-electron chi connectivity index (χ4n) is 4.62. The molecule has 0 atom stereocenters. The van der Waals surface area contributed by atoms with Crippen LogP contribution >= 0.6 is 0 Å². The van der Waals surface area contributed by atoms with E-state index in [1.165, 1.54) is 16.5 Å². The maximum absolute atomic E-state index is 12.6. The molecule has 1 aromatic heterocycles. The van der Waals surface area contributed by atoms with Gasteiger partial charge < -0.3 is 14.6 Å². The number of piperidine rings is 1. The molecule has 5 heteroatoms. The van der Waals surface area contributed by atoms with Gasteiger partial charge in [0.25, 0.3) is 0 Å². The molecule has 168 valence electrons. The molecule has 0 aliphatic carbocycles. The second-order valence-corrected chi connectivity index (χ2v) is 8.59. The number of amides is 1. The van der Waals surface area contributed by atoms with Crippen LogP contribution in [-0.2, 0) is 11.2 Å². The van der Waals surface area contributed by atoms with E-state index in [4.69, 9.17) is 4.74 Å². The molecular formula is C28H29N3O2. The monoisotopic (exact) mass is 439 g/mol. The van der Waals surface area contributed by atoms with Crippen molar-refractivity contribution in [2.24, 2.45) is 0 Å². The lowest BCUT2D eigenvalue weighted by atomic mass is 10.0. The van der Waals surface area contributed by atoms with Gasteiger partial charge >= 0.3 is 6.09 Å². The quantitative estimate of drug-likeness (QED) is 0.382. The normalized spacial score (nSPS) is 14.9. The van der Waals surface area contributed by atoms with Gasteiger partial charge in [-0.1, -0.05) is 66.7 Å². The third-order valence-corrected chi connectivity index (χ3v) is 6.43. The predicted molar refractivity (Wildman–Crippen MR) is 133 cm³/mol. The number of fused-ring (bicyclic) bond motifs is 1. The van der Waals surface area contributed by atoms with Gasteiger partial charge in [0.2, 0.25) is 0 Å². The van der Waals surface area contributed by atoms with E-state index in [9.17, 15) is 4.79 Å². The zero-order chi connectivity index (χ0) is 22.5. The highest BCUT2D eigenvalue weighted by Crippen LogP contribution is 2.28. The Kier molecular flexibility index (Phi) is 6.40. The number of para-hydroxylation sites is 2. The first-order valence-electron chi connectivity index (χ1n) is 11.7. The number of H-pyrrole nitrogens is 1. The summed E-state index contributed by atoms with van der Waals surface area (Å²) in [6.07, 6.45) is 4.45. The van der Waals surface area contributed by atoms with E-state index in [1.54, 1.807) is 0 Å². The number of benzene rings is 3. The molecule has 1 fully saturated rings. The molecule has 5 nitrogen and oxygen atoms in total. The van der Waals surface area contributed by atoms with E-state index >= 15 is 0 Å². The first kappa shape index (κ1) is 21.3. The molecule has 0 saturated carbocycles. The van der Waals surface area contributed by atoms with Crippen molar-refractivity contribution >= 4 is 22.7 Å². The minimum atomic E-state index is -0.379. The summed E-state index contributed by atoms with van der Waals surface area (Å²) in [5.41, 5.74) is 5.38. The van der Waals surface area contributed by atoms with Crippen LogP contribution in [-0.4, -0.2) is 41.7 Å². The first-order chi connectivity index (χ1) is 16.3. The van der Waals surface area contributed by atoms with Gasteiger partial charge in [0.15, 0.2) is 0 Å². The Bertz CT molecular complexity index is 1210. The Hall–Kier alpha value is -3.57. The zero-order valence-electron chi connectivity index (χ0n) is 18.7. The molecule has 3 aromatic carbocycles. The van der Waals surface area contributed by atoms with Crippen LogP contribution in [0.3, 0.4) is 0 Å². The number of hydrogen-bond acceptors (Lipinski definition) is 3. The highest BCUT2D eigenvalue weighted by Gasteiger charge is 2.23. The number of carbonyl (C=O) groups is 1. The molecule has 4 aromatic rings. The second-order valence-electron chi connectivity index (χ2n) is 8.59. The number of nitrogens with one attached hydrogen (secondary N) is 2. The molecule has 0 unspecified atom stereocenters. The molecule has 2 heterocycles. The largest absolute Gasteiger partial charge is 0.446 e. The van der Waals surface area contributed by atoms with Crippen LogP contribution in [0.25, 0.3) is 22.0 Å². The molecule has 1 aliphatic rings. The lowest BCUT2D eigenvalue weighted by molar-refractivity contribution is 0.0593. The number of rotatable bonds is 6. The topological polar surface area (TPSA) is 57.4 Å². The lowest BCUT2D eigenvalue weighted by Gasteiger charge is -2.31. The van der Waals surface area contributed by atoms with Crippen LogP contribution in [0.1, 0.15) is 18.4 Å². The molecule has 1 amide bonds. The Labute approximate surface area is 194 Å². The van der Waals surface area contributed by atoms with Gasteiger partial charge in [-0.15, -0.1) is 0 Å². The van der Waals surface area contributed by atoms with Crippen LogP contribution in [0.4, 0.5) is 10.5 Å². The summed E-state index contributed by atoms with van der Waals surface area (Å²) in [5.74, 6) is 0. The smallest absolute Gasteiger partial charge is 0.411 e. The number of likely N-dealkylation sites (tertiary alicyclic amines) is 1. The van der Waals surface area contributed by atoms with E-state index in [1.807, 2.05) is 54.6 Å². The summed E-state index contributed by atoms with van der Waals surface area (Å²) in [5, 5.41) is 4.26. The number of ether oxygens (including phenoxy) is 1. The van der Waals surface area contributed by atoms with Crippen molar-refractivity contribution in [2.75, 3.05) is 25.0 Å². The maximum atomic E-state index is 12.6. The zero-order valence-corrected chi connectivity index (χ0v) is 18.7. The van der Waals surface area contributed by atoms with E-state index in [0.29, 0.717) is 0 Å². The molecule has 0 bridgehead atoms. The van der Waals surface area contributed by atoms with Gasteiger partial charge in [0, 0.05) is 42.3 Å². The Morgan fingerprint density at radius 2 is 1.67 bits per heavy atom. The van der Waals surface area contributed by atoms with Crippen molar-refractivity contribution in [1.29, 1.82) is 0 Å². The van der Waals surface area contributed by atoms with E-state index in [-0.39, 0.29) is 12.2 Å². The third kappa shape index (κ3) is 5.10. The summed E-state index contributed by atoms with van der Waals surface area (Å²) in [6, 6.07) is 26.3. The van der Waals surface area contributed by atoms with Crippen molar-refractivity contribution in [1.82, 2.24) is 9.88 Å². The summed E-state index contributed by atoms with van der Waals surface area (Å²) < 4.78 is 5.76. The molecule has 0 radical (unpaired) electrons. The second kappa shape index (κ2) is 9.92. The van der Waals surface area contributed by atoms with Crippen molar-refractivity contribution in [3.63, 3.8) is 0 Å². The Balaban J connectivity index is 1.11. The molecule has 1 aliphatic heterocycles. The highest BCUT2D eigenvalue weighted by molar-refractivity contribution is 5.91. The number of hydrogen-bond donors (Lipinski definition) is 2. The lowest BCUT2D eigenvalue weighted by Crippen LogP contribution is -2.39. The van der Waals surface area contributed by atoms with Crippen molar-refractivity contribution in [3.05, 3.63) is 90.6 Å². The van der Waals surface area contributed by atoms with Crippen LogP contribution in [0.5, 0.6) is 0 Å². The molecule has 1 saturated heterocycles. The van der Waals surface area contributed by atoms with Crippen molar-refractivity contribution in [3.8, 4) is 11.1 Å². The van der Waals surface area contributed by atoms with Gasteiger partial charge in [0.1, 0.15) is 6.10 Å². The standard InChI is InChI=1S/C28H29N3O2/c32-28(30-27-13-7-5-10-24(27)21-8-2-1-3-9-21)33-23-15-18-31(19-16-23)17-14-22-20-29-26-12-6-4-11-25(22)26/h1-13,20,23,29H,14-19H2,(H,30,32). The van der Waals surface area contributed by atoms with Crippen LogP contribution in [0, 0.1) is 0 Å². The summed E-state index contributed by atoms with van der Waals surface area (Å²) in [6.45, 7) is 2.91. The number of aromatic nitrogens is 1. The number of nitrogens with zero attached hydrogens (tertiary/aromatic N) is 1. The SMILES string of the molecule is O=C(Nc1ccccc1-c1ccccc1)OC1CCN(CCc2c[nH]c3ccccc23)CC1. The number of anilines is 1. The Morgan fingerprint density at radius 3 is 2.52 bits per heavy atom. The van der Waals surface area contributed by atoms with Crippen molar-refractivity contribution in [2.45, 2.75) is 25.4 Å². The average molecular weight is 440 g/mol. The summed E-state index contributed by atoms with van der Waals surface area (Å²) in [7, 11) is 0. The summed E-state index contributed by atoms with van der Waals surface area (Å²) in [4.78, 5) is 18.4. The van der Waals surface area contributed by atoms with Gasteiger partial charge in [-0.25, -0.2) is 4.79 Å². The number of carbonyl (C=O) groups excluding carboxylic acids is 1. The fraction of sp³-hybridized carbons (Fsp3) is 0.250. The van der Waals surface area contributed by atoms with E-state index < -0.39 is 0 Å². The minimum absolute atomic E-state index is 0.0433. The number of aromatic amines is 1. The molecular weight excluding hydrogens is 410 g/mol. The van der Waals surface area contributed by atoms with Crippen molar-refractivity contribution < 1.29 is 9.53 Å². The first-order valence-corrected chi connectivity index (χ1v) is 11.7. The Morgan fingerprint density at radius 1 is 0.939 bits per heavy atom. The summed E-state index contributed by atoms with van der Waals surface area (Å²) >= 11 is 0. The van der Waals surface area contributed by atoms with Crippen LogP contribution < -0.4 is 5.32 Å². The van der Waals surface area contributed by atoms with Crippen LogP contribution in [0.15, 0.2) is 85.1 Å². The van der Waals surface area contributed by atoms with Gasteiger partial charge in [0.05, 0.1) is 5.69 Å². The maximum Gasteiger partial charge on any atom is 0.411 e. The van der Waals surface area contributed by atoms with E-state index in [0.717, 1.165) is 55.7 Å². The molecule has 33 heavy (non-hydrogen) atoms.